The van der Waals surface area contributed by atoms with Crippen LogP contribution in [0.3, 0.4) is 0 Å². The van der Waals surface area contributed by atoms with Crippen molar-refractivity contribution in [1.82, 2.24) is 15.4 Å². The molecule has 0 amide bonds. The molecule has 0 unspecified atom stereocenters. The fraction of sp³-hybridized carbons (Fsp3) is 0.550. The molecule has 1 N–H and O–H groups in total. The zero-order valence-corrected chi connectivity index (χ0v) is 15.3. The summed E-state index contributed by atoms with van der Waals surface area (Å²) in [6, 6.07) is 10.3. The second kappa shape index (κ2) is 8.66. The van der Waals surface area contributed by atoms with Gasteiger partial charge >= 0.3 is 0 Å². The van der Waals surface area contributed by atoms with E-state index in [0.29, 0.717) is 0 Å². The summed E-state index contributed by atoms with van der Waals surface area (Å²) < 4.78 is 11.2. The van der Waals surface area contributed by atoms with Crippen LogP contribution in [0.1, 0.15) is 18.4 Å². The largest absolute Gasteiger partial charge is 0.379 e. The van der Waals surface area contributed by atoms with Crippen molar-refractivity contribution < 1.29 is 9.26 Å². The van der Waals surface area contributed by atoms with Crippen molar-refractivity contribution in [2.75, 3.05) is 57.4 Å². The molecule has 2 fully saturated rings. The molecule has 1 aromatic carbocycles. The highest BCUT2D eigenvalue weighted by Gasteiger charge is 2.24. The molecule has 0 radical (unpaired) electrons. The first kappa shape index (κ1) is 17.5. The van der Waals surface area contributed by atoms with Gasteiger partial charge < -0.3 is 19.5 Å². The molecule has 0 spiro atoms. The molecular formula is C20H28N4O2. The molecule has 2 aromatic rings. The van der Waals surface area contributed by atoms with E-state index in [2.05, 4.69) is 44.5 Å². The van der Waals surface area contributed by atoms with Gasteiger partial charge in [0.05, 0.1) is 18.8 Å². The first-order valence-electron chi connectivity index (χ1n) is 9.71. The Balaban J connectivity index is 1.44. The average Bonchev–Trinajstić information content (AvgIpc) is 3.36. The Morgan fingerprint density at radius 2 is 1.77 bits per heavy atom. The maximum atomic E-state index is 5.79. The maximum absolute atomic E-state index is 5.79. The normalized spacial score (nSPS) is 18.5. The van der Waals surface area contributed by atoms with Crippen LogP contribution in [0.2, 0.25) is 0 Å². The molecule has 2 aliphatic heterocycles. The van der Waals surface area contributed by atoms with Gasteiger partial charge in [0.25, 0.3) is 0 Å². The summed E-state index contributed by atoms with van der Waals surface area (Å²) in [7, 11) is 0. The standard InChI is InChI=1S/C20H28N4O2/c1-2-6-17(7-3-1)19-18(20(26-22-19)24-9-4-5-10-24)16-21-8-11-23-12-14-25-15-13-23/h1-3,6-7,21H,4-5,8-16H2. The molecule has 0 saturated carbocycles. The predicted molar refractivity (Wildman–Crippen MR) is 102 cm³/mol. The van der Waals surface area contributed by atoms with E-state index in [1.807, 2.05) is 6.07 Å². The third kappa shape index (κ3) is 4.09. The Bertz CT molecular complexity index is 676. The molecule has 3 heterocycles. The van der Waals surface area contributed by atoms with Crippen molar-refractivity contribution in [3.63, 3.8) is 0 Å². The van der Waals surface area contributed by atoms with E-state index in [4.69, 9.17) is 9.26 Å². The van der Waals surface area contributed by atoms with Crippen LogP contribution in [0.15, 0.2) is 34.9 Å². The monoisotopic (exact) mass is 356 g/mol. The molecule has 140 valence electrons. The Hall–Kier alpha value is -1.89. The van der Waals surface area contributed by atoms with Crippen LogP contribution in [-0.4, -0.2) is 62.5 Å². The van der Waals surface area contributed by atoms with E-state index in [1.54, 1.807) is 0 Å². The first-order chi connectivity index (χ1) is 12.9. The third-order valence-corrected chi connectivity index (χ3v) is 5.22. The molecule has 26 heavy (non-hydrogen) atoms. The molecule has 2 saturated heterocycles. The summed E-state index contributed by atoms with van der Waals surface area (Å²) in [6.45, 7) is 8.67. The summed E-state index contributed by atoms with van der Waals surface area (Å²) in [5.41, 5.74) is 3.26. The summed E-state index contributed by atoms with van der Waals surface area (Å²) in [4.78, 5) is 4.78. The fourth-order valence-electron chi connectivity index (χ4n) is 3.73. The van der Waals surface area contributed by atoms with Crippen molar-refractivity contribution in [3.8, 4) is 11.3 Å². The molecule has 6 heteroatoms. The Kier molecular flexibility index (Phi) is 5.84. The highest BCUT2D eigenvalue weighted by Crippen LogP contribution is 2.32. The SMILES string of the molecule is c1ccc(-c2noc(N3CCCC3)c2CNCCN2CCOCC2)cc1. The van der Waals surface area contributed by atoms with Crippen LogP contribution in [0.5, 0.6) is 0 Å². The predicted octanol–water partition coefficient (Wildman–Crippen LogP) is 2.36. The van der Waals surface area contributed by atoms with E-state index in [-0.39, 0.29) is 0 Å². The molecule has 0 bridgehead atoms. The van der Waals surface area contributed by atoms with Gasteiger partial charge in [-0.15, -0.1) is 0 Å². The number of hydrogen-bond donors (Lipinski definition) is 1. The van der Waals surface area contributed by atoms with Crippen LogP contribution in [0.25, 0.3) is 11.3 Å². The van der Waals surface area contributed by atoms with Crippen molar-refractivity contribution in [2.24, 2.45) is 0 Å². The molecule has 0 atom stereocenters. The first-order valence-corrected chi connectivity index (χ1v) is 9.71. The third-order valence-electron chi connectivity index (χ3n) is 5.22. The van der Waals surface area contributed by atoms with Crippen LogP contribution < -0.4 is 10.2 Å². The van der Waals surface area contributed by atoms with E-state index in [1.165, 1.54) is 18.4 Å². The molecule has 6 nitrogen and oxygen atoms in total. The van der Waals surface area contributed by atoms with Crippen molar-refractivity contribution in [3.05, 3.63) is 35.9 Å². The molecule has 2 aliphatic rings. The number of aromatic nitrogens is 1. The number of nitrogens with zero attached hydrogens (tertiary/aromatic N) is 3. The summed E-state index contributed by atoms with van der Waals surface area (Å²) in [5.74, 6) is 0.945. The minimum absolute atomic E-state index is 0.782. The van der Waals surface area contributed by atoms with Gasteiger partial charge in [0, 0.05) is 51.4 Å². The number of anilines is 1. The quantitative estimate of drug-likeness (QED) is 0.769. The molecular weight excluding hydrogens is 328 g/mol. The van der Waals surface area contributed by atoms with E-state index in [9.17, 15) is 0 Å². The second-order valence-electron chi connectivity index (χ2n) is 7.01. The minimum Gasteiger partial charge on any atom is -0.379 e. The molecule has 4 rings (SSSR count). The van der Waals surface area contributed by atoms with Crippen LogP contribution in [0, 0.1) is 0 Å². The number of hydrogen-bond acceptors (Lipinski definition) is 6. The Labute approximate surface area is 155 Å². The zero-order valence-electron chi connectivity index (χ0n) is 15.3. The lowest BCUT2D eigenvalue weighted by molar-refractivity contribution is 0.0384. The Morgan fingerprint density at radius 1 is 1.00 bits per heavy atom. The van der Waals surface area contributed by atoms with Crippen LogP contribution in [0.4, 0.5) is 5.88 Å². The second-order valence-corrected chi connectivity index (χ2v) is 7.01. The average molecular weight is 356 g/mol. The smallest absolute Gasteiger partial charge is 0.232 e. The molecule has 0 aliphatic carbocycles. The van der Waals surface area contributed by atoms with E-state index < -0.39 is 0 Å². The topological polar surface area (TPSA) is 53.8 Å². The summed E-state index contributed by atoms with van der Waals surface area (Å²) >= 11 is 0. The maximum Gasteiger partial charge on any atom is 0.232 e. The van der Waals surface area contributed by atoms with Gasteiger partial charge in [-0.05, 0) is 12.8 Å². The van der Waals surface area contributed by atoms with Crippen molar-refractivity contribution in [2.45, 2.75) is 19.4 Å². The van der Waals surface area contributed by atoms with Crippen molar-refractivity contribution in [1.29, 1.82) is 0 Å². The van der Waals surface area contributed by atoms with Crippen LogP contribution >= 0.6 is 0 Å². The van der Waals surface area contributed by atoms with Gasteiger partial charge in [-0.1, -0.05) is 35.5 Å². The Morgan fingerprint density at radius 3 is 2.54 bits per heavy atom. The lowest BCUT2D eigenvalue weighted by Crippen LogP contribution is -2.40. The zero-order chi connectivity index (χ0) is 17.6. The van der Waals surface area contributed by atoms with Crippen molar-refractivity contribution >= 4 is 5.88 Å². The lowest BCUT2D eigenvalue weighted by atomic mass is 10.1. The highest BCUT2D eigenvalue weighted by molar-refractivity contribution is 5.68. The highest BCUT2D eigenvalue weighted by atomic mass is 16.5. The number of ether oxygens (including phenoxy) is 1. The lowest BCUT2D eigenvalue weighted by Gasteiger charge is -2.26. The number of benzene rings is 1. The van der Waals surface area contributed by atoms with Gasteiger partial charge in [0.15, 0.2) is 0 Å². The van der Waals surface area contributed by atoms with Crippen LogP contribution in [-0.2, 0) is 11.3 Å². The van der Waals surface area contributed by atoms with Gasteiger partial charge in [-0.2, -0.15) is 0 Å². The van der Waals surface area contributed by atoms with Gasteiger partial charge in [-0.25, -0.2) is 0 Å². The summed E-state index contributed by atoms with van der Waals surface area (Å²) in [5, 5.41) is 8.02. The minimum atomic E-state index is 0.782. The molecule has 1 aromatic heterocycles. The van der Waals surface area contributed by atoms with E-state index >= 15 is 0 Å². The van der Waals surface area contributed by atoms with Gasteiger partial charge in [0.2, 0.25) is 5.88 Å². The van der Waals surface area contributed by atoms with Gasteiger partial charge in [-0.3, -0.25) is 4.90 Å². The summed E-state index contributed by atoms with van der Waals surface area (Å²) in [6.07, 6.45) is 2.45. The fourth-order valence-corrected chi connectivity index (χ4v) is 3.73. The number of rotatable bonds is 7. The van der Waals surface area contributed by atoms with E-state index in [0.717, 1.165) is 76.2 Å². The number of nitrogens with one attached hydrogen (secondary N) is 1. The van der Waals surface area contributed by atoms with Gasteiger partial charge in [0.1, 0.15) is 5.69 Å². The number of morpholine rings is 1.